The van der Waals surface area contributed by atoms with Crippen LogP contribution in [0.1, 0.15) is 29.8 Å². The first-order chi connectivity index (χ1) is 12.5. The average Bonchev–Trinajstić information content (AvgIpc) is 3.15. The highest BCUT2D eigenvalue weighted by Gasteiger charge is 2.39. The summed E-state index contributed by atoms with van der Waals surface area (Å²) in [4.78, 5) is 25.9. The summed E-state index contributed by atoms with van der Waals surface area (Å²) in [6.45, 7) is 1.16. The number of H-pyrrole nitrogens is 1. The first-order valence-electron chi connectivity index (χ1n) is 8.43. The summed E-state index contributed by atoms with van der Waals surface area (Å²) in [5.41, 5.74) is 5.28. The molecule has 1 aromatic carbocycles. The van der Waals surface area contributed by atoms with E-state index in [-0.39, 0.29) is 24.8 Å². The zero-order valence-corrected chi connectivity index (χ0v) is 14.3. The van der Waals surface area contributed by atoms with Crippen molar-refractivity contribution in [3.8, 4) is 5.75 Å². The Bertz CT molecular complexity index is 763. The van der Waals surface area contributed by atoms with Gasteiger partial charge in [0.15, 0.2) is 0 Å². The molecule has 2 heterocycles. The van der Waals surface area contributed by atoms with Crippen molar-refractivity contribution < 1.29 is 18.7 Å². The van der Waals surface area contributed by atoms with Gasteiger partial charge in [0.2, 0.25) is 5.91 Å². The van der Waals surface area contributed by atoms with Crippen molar-refractivity contribution in [3.63, 3.8) is 0 Å². The van der Waals surface area contributed by atoms with Gasteiger partial charge in [0.1, 0.15) is 17.3 Å². The molecule has 0 aliphatic carbocycles. The minimum atomic E-state index is -0.575. The van der Waals surface area contributed by atoms with E-state index in [4.69, 9.17) is 10.5 Å². The fourth-order valence-electron chi connectivity index (χ4n) is 3.38. The van der Waals surface area contributed by atoms with Crippen LogP contribution in [-0.2, 0) is 4.79 Å². The number of piperidine rings is 1. The van der Waals surface area contributed by atoms with Crippen molar-refractivity contribution in [1.29, 1.82) is 0 Å². The number of nitrogens with one attached hydrogen (secondary N) is 1. The quantitative estimate of drug-likeness (QED) is 0.819. The van der Waals surface area contributed by atoms with Gasteiger partial charge in [0.25, 0.3) is 5.91 Å². The summed E-state index contributed by atoms with van der Waals surface area (Å²) in [6, 6.07) is 7.30. The highest BCUT2D eigenvalue weighted by Crippen LogP contribution is 2.35. The molecule has 3 rings (SSSR count). The molecule has 0 saturated carbocycles. The number of halogens is 1. The molecule has 1 atom stereocenters. The van der Waals surface area contributed by atoms with Crippen molar-refractivity contribution in [2.75, 3.05) is 19.7 Å². The summed E-state index contributed by atoms with van der Waals surface area (Å²) >= 11 is 0. The van der Waals surface area contributed by atoms with Gasteiger partial charge in [-0.3, -0.25) is 14.7 Å². The normalized spacial score (nSPS) is 20.0. The number of carbonyl (C=O) groups excluding carboxylic acids is 2. The SMILES string of the molecule is NC(=O)C[C@@]1(COc2ccc(F)cc2)CCCN(C(=O)c2ccn[nH]2)C1. The molecule has 0 radical (unpaired) electrons. The van der Waals surface area contributed by atoms with E-state index in [9.17, 15) is 14.0 Å². The minimum Gasteiger partial charge on any atom is -0.493 e. The number of nitrogens with two attached hydrogens (primary N) is 1. The van der Waals surface area contributed by atoms with Crippen LogP contribution in [-0.4, -0.2) is 46.6 Å². The van der Waals surface area contributed by atoms with Gasteiger partial charge >= 0.3 is 0 Å². The van der Waals surface area contributed by atoms with Gasteiger partial charge in [-0.15, -0.1) is 0 Å². The molecule has 2 amide bonds. The average molecular weight is 360 g/mol. The summed E-state index contributed by atoms with van der Waals surface area (Å²) in [7, 11) is 0. The third kappa shape index (κ3) is 4.19. The van der Waals surface area contributed by atoms with Crippen molar-refractivity contribution >= 4 is 11.8 Å². The molecule has 1 saturated heterocycles. The van der Waals surface area contributed by atoms with Gasteiger partial charge in [-0.1, -0.05) is 0 Å². The Labute approximate surface area is 150 Å². The summed E-state index contributed by atoms with van der Waals surface area (Å²) in [5, 5.41) is 6.47. The Balaban J connectivity index is 1.74. The van der Waals surface area contributed by atoms with Crippen LogP contribution < -0.4 is 10.5 Å². The Morgan fingerprint density at radius 2 is 2.08 bits per heavy atom. The Kier molecular flexibility index (Phi) is 5.20. The molecule has 7 nitrogen and oxygen atoms in total. The van der Waals surface area contributed by atoms with Crippen LogP contribution in [0.15, 0.2) is 36.5 Å². The van der Waals surface area contributed by atoms with E-state index >= 15 is 0 Å². The summed E-state index contributed by atoms with van der Waals surface area (Å²) in [6.07, 6.45) is 3.08. The van der Waals surface area contributed by atoms with E-state index in [1.54, 1.807) is 11.0 Å². The predicted molar refractivity (Wildman–Crippen MR) is 91.9 cm³/mol. The number of amides is 2. The van der Waals surface area contributed by atoms with E-state index in [1.165, 1.54) is 30.5 Å². The van der Waals surface area contributed by atoms with Gasteiger partial charge in [-0.05, 0) is 43.2 Å². The lowest BCUT2D eigenvalue weighted by Gasteiger charge is -2.41. The van der Waals surface area contributed by atoms with Gasteiger partial charge in [-0.2, -0.15) is 5.10 Å². The van der Waals surface area contributed by atoms with Crippen molar-refractivity contribution in [1.82, 2.24) is 15.1 Å². The van der Waals surface area contributed by atoms with Crippen LogP contribution in [0.2, 0.25) is 0 Å². The Hall–Kier alpha value is -2.90. The molecule has 0 spiro atoms. The van der Waals surface area contributed by atoms with Gasteiger partial charge in [0.05, 0.1) is 6.61 Å². The number of aromatic amines is 1. The molecule has 0 unspecified atom stereocenters. The third-order valence-corrected chi connectivity index (χ3v) is 4.59. The highest BCUT2D eigenvalue weighted by molar-refractivity contribution is 5.92. The molecule has 3 N–H and O–H groups in total. The second-order valence-electron chi connectivity index (χ2n) is 6.69. The monoisotopic (exact) mass is 360 g/mol. The maximum atomic E-state index is 13.0. The van der Waals surface area contributed by atoms with Crippen LogP contribution in [0.4, 0.5) is 4.39 Å². The van der Waals surface area contributed by atoms with Gasteiger partial charge in [-0.25, -0.2) is 4.39 Å². The number of ether oxygens (including phenoxy) is 1. The number of likely N-dealkylation sites (tertiary alicyclic amines) is 1. The maximum absolute atomic E-state index is 13.0. The summed E-state index contributed by atoms with van der Waals surface area (Å²) < 4.78 is 18.8. The summed E-state index contributed by atoms with van der Waals surface area (Å²) in [5.74, 6) is -0.452. The van der Waals surface area contributed by atoms with Gasteiger partial charge < -0.3 is 15.4 Å². The third-order valence-electron chi connectivity index (χ3n) is 4.59. The minimum absolute atomic E-state index is 0.112. The standard InChI is InChI=1S/C18H21FN4O3/c19-13-2-4-14(5-3-13)26-12-18(10-16(20)24)7-1-9-23(11-18)17(25)15-6-8-21-22-15/h2-6,8H,1,7,9-12H2,(H2,20,24)(H,21,22)/t18-/m0/s1. The molecule has 1 aliphatic heterocycles. The van der Waals surface area contributed by atoms with E-state index in [0.717, 1.165) is 6.42 Å². The smallest absolute Gasteiger partial charge is 0.271 e. The lowest BCUT2D eigenvalue weighted by Crippen LogP contribution is -2.50. The van der Waals surface area contributed by atoms with Crippen LogP contribution in [0.3, 0.4) is 0 Å². The zero-order valence-electron chi connectivity index (χ0n) is 14.3. The fraction of sp³-hybridized carbons (Fsp3) is 0.389. The maximum Gasteiger partial charge on any atom is 0.271 e. The predicted octanol–water partition coefficient (Wildman–Crippen LogP) is 1.73. The highest BCUT2D eigenvalue weighted by atomic mass is 19.1. The molecule has 26 heavy (non-hydrogen) atoms. The van der Waals surface area contributed by atoms with E-state index < -0.39 is 11.3 Å². The number of primary amides is 1. The van der Waals surface area contributed by atoms with Crippen LogP contribution in [0.25, 0.3) is 0 Å². The number of hydrogen-bond donors (Lipinski definition) is 2. The molecule has 1 aromatic heterocycles. The molecule has 1 aliphatic rings. The van der Waals surface area contributed by atoms with Crippen LogP contribution in [0, 0.1) is 11.2 Å². The van der Waals surface area contributed by atoms with Crippen LogP contribution >= 0.6 is 0 Å². The van der Waals surface area contributed by atoms with Crippen molar-refractivity contribution in [2.24, 2.45) is 11.1 Å². The molecule has 2 aromatic rings. The Morgan fingerprint density at radius 1 is 1.31 bits per heavy atom. The van der Waals surface area contributed by atoms with Crippen molar-refractivity contribution in [3.05, 3.63) is 48.0 Å². The lowest BCUT2D eigenvalue weighted by atomic mass is 9.77. The molecule has 1 fully saturated rings. The molecule has 8 heteroatoms. The van der Waals surface area contributed by atoms with E-state index in [1.807, 2.05) is 0 Å². The number of carbonyl (C=O) groups is 2. The molecule has 0 bridgehead atoms. The number of hydrogen-bond acceptors (Lipinski definition) is 4. The topological polar surface area (TPSA) is 101 Å². The first-order valence-corrected chi connectivity index (χ1v) is 8.43. The molecular weight excluding hydrogens is 339 g/mol. The Morgan fingerprint density at radius 3 is 2.73 bits per heavy atom. The largest absolute Gasteiger partial charge is 0.493 e. The zero-order chi connectivity index (χ0) is 18.6. The second kappa shape index (κ2) is 7.55. The van der Waals surface area contributed by atoms with Gasteiger partial charge in [0, 0.05) is 31.1 Å². The second-order valence-corrected chi connectivity index (χ2v) is 6.69. The number of nitrogens with zero attached hydrogens (tertiary/aromatic N) is 2. The molecule has 138 valence electrons. The number of aromatic nitrogens is 2. The number of benzene rings is 1. The lowest BCUT2D eigenvalue weighted by molar-refractivity contribution is -0.122. The van der Waals surface area contributed by atoms with E-state index in [0.29, 0.717) is 31.0 Å². The number of rotatable bonds is 6. The fourth-order valence-corrected chi connectivity index (χ4v) is 3.38. The molecular formula is C18H21FN4O3. The van der Waals surface area contributed by atoms with Crippen LogP contribution in [0.5, 0.6) is 5.75 Å². The first kappa shape index (κ1) is 17.9. The van der Waals surface area contributed by atoms with E-state index in [2.05, 4.69) is 10.2 Å². The van der Waals surface area contributed by atoms with Crippen molar-refractivity contribution in [2.45, 2.75) is 19.3 Å².